The Morgan fingerprint density at radius 2 is 1.85 bits per heavy atom. The molecule has 0 aromatic heterocycles. The normalized spacial score (nSPS) is 22.2. The maximum absolute atomic E-state index is 10.1. The summed E-state index contributed by atoms with van der Waals surface area (Å²) in [6.45, 7) is 4.15. The van der Waals surface area contributed by atoms with E-state index in [1.54, 1.807) is 7.11 Å². The molecule has 0 atom stereocenters. The second-order valence-electron chi connectivity index (χ2n) is 4.90. The van der Waals surface area contributed by atoms with E-state index in [9.17, 15) is 5.11 Å². The van der Waals surface area contributed by atoms with Crippen LogP contribution in [-0.2, 0) is 4.74 Å². The van der Waals surface area contributed by atoms with Crippen LogP contribution in [0.3, 0.4) is 0 Å². The molecule has 78 valence electrons. The van der Waals surface area contributed by atoms with Crippen LogP contribution in [-0.4, -0.2) is 23.4 Å². The number of ether oxygens (including phenoxy) is 1. The van der Waals surface area contributed by atoms with Crippen LogP contribution in [0.2, 0.25) is 0 Å². The van der Waals surface area contributed by atoms with Crippen molar-refractivity contribution in [3.63, 3.8) is 0 Å². The Hall–Kier alpha value is -0.0800. The first kappa shape index (κ1) is 11.0. The van der Waals surface area contributed by atoms with Gasteiger partial charge in [-0.1, -0.05) is 12.8 Å². The van der Waals surface area contributed by atoms with Crippen LogP contribution in [0.15, 0.2) is 0 Å². The molecule has 0 amide bonds. The van der Waals surface area contributed by atoms with Crippen LogP contribution in [0.5, 0.6) is 0 Å². The molecule has 0 saturated heterocycles. The lowest BCUT2D eigenvalue weighted by atomic mass is 9.90. The predicted molar refractivity (Wildman–Crippen MR) is 53.7 cm³/mol. The van der Waals surface area contributed by atoms with Crippen molar-refractivity contribution >= 4 is 0 Å². The van der Waals surface area contributed by atoms with Gasteiger partial charge in [-0.05, 0) is 39.5 Å². The lowest BCUT2D eigenvalue weighted by Crippen LogP contribution is -2.30. The Kier molecular flexibility index (Phi) is 3.36. The molecule has 0 aromatic rings. The topological polar surface area (TPSA) is 29.5 Å². The van der Waals surface area contributed by atoms with E-state index in [0.29, 0.717) is 0 Å². The molecular weight excluding hydrogens is 164 g/mol. The van der Waals surface area contributed by atoms with Crippen molar-refractivity contribution in [2.45, 2.75) is 63.6 Å². The van der Waals surface area contributed by atoms with E-state index in [2.05, 4.69) is 13.8 Å². The lowest BCUT2D eigenvalue weighted by Gasteiger charge is -2.28. The average molecular weight is 186 g/mol. The van der Waals surface area contributed by atoms with Gasteiger partial charge in [-0.15, -0.1) is 0 Å². The van der Waals surface area contributed by atoms with Crippen molar-refractivity contribution < 1.29 is 9.84 Å². The van der Waals surface area contributed by atoms with Crippen LogP contribution in [0.1, 0.15) is 52.4 Å². The minimum absolute atomic E-state index is 0.0850. The number of hydrogen-bond acceptors (Lipinski definition) is 2. The molecule has 0 bridgehead atoms. The van der Waals surface area contributed by atoms with Gasteiger partial charge >= 0.3 is 0 Å². The zero-order valence-corrected chi connectivity index (χ0v) is 9.10. The Balaban J connectivity index is 2.32. The monoisotopic (exact) mass is 186 g/mol. The molecule has 1 aliphatic rings. The molecule has 1 fully saturated rings. The fourth-order valence-corrected chi connectivity index (χ4v) is 1.92. The SMILES string of the molecule is COC(C)(C)CCC1(O)CCCC1. The summed E-state index contributed by atoms with van der Waals surface area (Å²) in [7, 11) is 1.73. The molecule has 0 aliphatic heterocycles. The molecule has 1 rings (SSSR count). The Morgan fingerprint density at radius 1 is 1.31 bits per heavy atom. The molecule has 1 aliphatic carbocycles. The molecule has 2 heteroatoms. The van der Waals surface area contributed by atoms with E-state index in [4.69, 9.17) is 4.74 Å². The number of rotatable bonds is 4. The van der Waals surface area contributed by atoms with Gasteiger partial charge in [-0.2, -0.15) is 0 Å². The van der Waals surface area contributed by atoms with Gasteiger partial charge < -0.3 is 9.84 Å². The minimum Gasteiger partial charge on any atom is -0.390 e. The quantitative estimate of drug-likeness (QED) is 0.731. The highest BCUT2D eigenvalue weighted by atomic mass is 16.5. The summed E-state index contributed by atoms with van der Waals surface area (Å²) in [5.41, 5.74) is -0.464. The first-order valence-corrected chi connectivity index (χ1v) is 5.25. The molecule has 0 heterocycles. The minimum atomic E-state index is -0.379. The third-order valence-electron chi connectivity index (χ3n) is 3.28. The van der Waals surface area contributed by atoms with E-state index in [1.807, 2.05) is 0 Å². The number of methoxy groups -OCH3 is 1. The first-order valence-electron chi connectivity index (χ1n) is 5.25. The van der Waals surface area contributed by atoms with Gasteiger partial charge in [0, 0.05) is 7.11 Å². The summed E-state index contributed by atoms with van der Waals surface area (Å²) in [6, 6.07) is 0. The van der Waals surface area contributed by atoms with Crippen LogP contribution < -0.4 is 0 Å². The van der Waals surface area contributed by atoms with Crippen molar-refractivity contribution in [3.05, 3.63) is 0 Å². The van der Waals surface area contributed by atoms with Crippen molar-refractivity contribution in [2.24, 2.45) is 0 Å². The summed E-state index contributed by atoms with van der Waals surface area (Å²) < 4.78 is 5.33. The molecule has 2 nitrogen and oxygen atoms in total. The van der Waals surface area contributed by atoms with E-state index < -0.39 is 0 Å². The maximum atomic E-state index is 10.1. The van der Waals surface area contributed by atoms with Crippen molar-refractivity contribution in [2.75, 3.05) is 7.11 Å². The number of hydrogen-bond donors (Lipinski definition) is 1. The number of aliphatic hydroxyl groups is 1. The summed E-state index contributed by atoms with van der Waals surface area (Å²) >= 11 is 0. The highest BCUT2D eigenvalue weighted by Gasteiger charge is 2.32. The van der Waals surface area contributed by atoms with E-state index in [0.717, 1.165) is 25.7 Å². The van der Waals surface area contributed by atoms with Gasteiger partial charge in [0.05, 0.1) is 11.2 Å². The van der Waals surface area contributed by atoms with Crippen molar-refractivity contribution in [1.29, 1.82) is 0 Å². The maximum Gasteiger partial charge on any atom is 0.0648 e. The van der Waals surface area contributed by atoms with Crippen LogP contribution >= 0.6 is 0 Å². The summed E-state index contributed by atoms with van der Waals surface area (Å²) in [6.07, 6.45) is 6.15. The molecule has 13 heavy (non-hydrogen) atoms. The van der Waals surface area contributed by atoms with Crippen molar-refractivity contribution in [1.82, 2.24) is 0 Å². The van der Waals surface area contributed by atoms with Gasteiger partial charge in [-0.3, -0.25) is 0 Å². The van der Waals surface area contributed by atoms with Gasteiger partial charge in [0.2, 0.25) is 0 Å². The predicted octanol–water partition coefficient (Wildman–Crippen LogP) is 2.50. The third-order valence-corrected chi connectivity index (χ3v) is 3.28. The van der Waals surface area contributed by atoms with Crippen LogP contribution in [0.25, 0.3) is 0 Å². The Labute approximate surface area is 81.3 Å². The van der Waals surface area contributed by atoms with Gasteiger partial charge in [0.25, 0.3) is 0 Å². The van der Waals surface area contributed by atoms with Crippen LogP contribution in [0.4, 0.5) is 0 Å². The lowest BCUT2D eigenvalue weighted by molar-refractivity contribution is -0.0233. The van der Waals surface area contributed by atoms with E-state index in [-0.39, 0.29) is 11.2 Å². The molecule has 0 aromatic carbocycles. The summed E-state index contributed by atoms with van der Waals surface area (Å²) in [5, 5.41) is 10.1. The summed E-state index contributed by atoms with van der Waals surface area (Å²) in [5.74, 6) is 0. The molecular formula is C11H22O2. The molecule has 0 unspecified atom stereocenters. The zero-order valence-electron chi connectivity index (χ0n) is 9.10. The molecule has 1 N–H and O–H groups in total. The van der Waals surface area contributed by atoms with Crippen LogP contribution in [0, 0.1) is 0 Å². The van der Waals surface area contributed by atoms with Gasteiger partial charge in [0.15, 0.2) is 0 Å². The Morgan fingerprint density at radius 3 is 2.31 bits per heavy atom. The standard InChI is InChI=1S/C11H22O2/c1-10(2,13-3)8-9-11(12)6-4-5-7-11/h12H,4-9H2,1-3H3. The second-order valence-corrected chi connectivity index (χ2v) is 4.90. The molecule has 0 radical (unpaired) electrons. The smallest absolute Gasteiger partial charge is 0.0648 e. The zero-order chi connectivity index (χ0) is 9.95. The Bertz CT molecular complexity index is 157. The second kappa shape index (κ2) is 3.97. The van der Waals surface area contributed by atoms with Crippen molar-refractivity contribution in [3.8, 4) is 0 Å². The van der Waals surface area contributed by atoms with Gasteiger partial charge in [0.1, 0.15) is 0 Å². The largest absolute Gasteiger partial charge is 0.390 e. The first-order chi connectivity index (χ1) is 5.97. The van der Waals surface area contributed by atoms with E-state index in [1.165, 1.54) is 12.8 Å². The third kappa shape index (κ3) is 3.28. The highest BCUT2D eigenvalue weighted by molar-refractivity contribution is 4.86. The molecule has 1 saturated carbocycles. The fraction of sp³-hybridized carbons (Fsp3) is 1.00. The summed E-state index contributed by atoms with van der Waals surface area (Å²) in [4.78, 5) is 0. The fourth-order valence-electron chi connectivity index (χ4n) is 1.92. The van der Waals surface area contributed by atoms with E-state index >= 15 is 0 Å². The van der Waals surface area contributed by atoms with Gasteiger partial charge in [-0.25, -0.2) is 0 Å². The average Bonchev–Trinajstić information content (AvgIpc) is 2.50. The highest BCUT2D eigenvalue weighted by Crippen LogP contribution is 2.35. The molecule has 0 spiro atoms.